The molecule has 4 heteroatoms. The first-order valence-electron chi connectivity index (χ1n) is 5.25. The van der Waals surface area contributed by atoms with Crippen LogP contribution in [0, 0.1) is 5.92 Å². The van der Waals surface area contributed by atoms with Crippen LogP contribution in [-0.2, 0) is 11.8 Å². The highest BCUT2D eigenvalue weighted by molar-refractivity contribution is 5.80. The third-order valence-corrected chi connectivity index (χ3v) is 2.74. The monoisotopic (exact) mass is 208 g/mol. The van der Waals surface area contributed by atoms with Crippen molar-refractivity contribution in [1.82, 2.24) is 9.88 Å². The molecular formula is C11H16N2O2. The molecular weight excluding hydrogens is 192 g/mol. The summed E-state index contributed by atoms with van der Waals surface area (Å²) in [5.41, 5.74) is 0.825. The number of aliphatic hydroxyl groups is 1. The lowest BCUT2D eigenvalue weighted by Crippen LogP contribution is -2.30. The molecule has 1 amide bonds. The lowest BCUT2D eigenvalue weighted by molar-refractivity contribution is -0.122. The molecule has 0 bridgehead atoms. The van der Waals surface area contributed by atoms with Gasteiger partial charge in [0.15, 0.2) is 0 Å². The lowest BCUT2D eigenvalue weighted by atomic mass is 10.2. The molecule has 82 valence electrons. The minimum absolute atomic E-state index is 0.0725. The third kappa shape index (κ3) is 2.39. The molecule has 15 heavy (non-hydrogen) atoms. The number of carbonyl (C=O) groups excluding carboxylic acids is 1. The molecule has 2 N–H and O–H groups in total. The summed E-state index contributed by atoms with van der Waals surface area (Å²) in [6.45, 7) is 0.299. The number of hydrogen-bond acceptors (Lipinski definition) is 2. The van der Waals surface area contributed by atoms with Gasteiger partial charge in [0, 0.05) is 31.4 Å². The van der Waals surface area contributed by atoms with Gasteiger partial charge in [-0.1, -0.05) is 0 Å². The summed E-state index contributed by atoms with van der Waals surface area (Å²) in [6, 6.07) is 3.73. The van der Waals surface area contributed by atoms with Gasteiger partial charge in [-0.15, -0.1) is 0 Å². The predicted octanol–water partition coefficient (Wildman–Crippen LogP) is 0.585. The van der Waals surface area contributed by atoms with Gasteiger partial charge in [-0.05, 0) is 25.0 Å². The molecule has 0 saturated heterocycles. The van der Waals surface area contributed by atoms with Gasteiger partial charge in [0.1, 0.15) is 6.10 Å². The van der Waals surface area contributed by atoms with Crippen LogP contribution >= 0.6 is 0 Å². The van der Waals surface area contributed by atoms with Crippen molar-refractivity contribution in [3.63, 3.8) is 0 Å². The Kier molecular flexibility index (Phi) is 2.77. The molecule has 1 atom stereocenters. The van der Waals surface area contributed by atoms with E-state index in [4.69, 9.17) is 0 Å². The van der Waals surface area contributed by atoms with Gasteiger partial charge in [-0.25, -0.2) is 0 Å². The van der Waals surface area contributed by atoms with E-state index in [2.05, 4.69) is 5.32 Å². The highest BCUT2D eigenvalue weighted by atomic mass is 16.3. The van der Waals surface area contributed by atoms with Crippen LogP contribution in [0.3, 0.4) is 0 Å². The topological polar surface area (TPSA) is 54.3 Å². The summed E-state index contributed by atoms with van der Waals surface area (Å²) < 4.78 is 1.86. The molecule has 2 rings (SSSR count). The van der Waals surface area contributed by atoms with Crippen molar-refractivity contribution in [2.45, 2.75) is 18.9 Å². The average Bonchev–Trinajstić information content (AvgIpc) is 2.98. The van der Waals surface area contributed by atoms with Crippen molar-refractivity contribution in [2.24, 2.45) is 13.0 Å². The van der Waals surface area contributed by atoms with Crippen molar-refractivity contribution >= 4 is 5.91 Å². The maximum absolute atomic E-state index is 11.3. The molecule has 1 aliphatic carbocycles. The van der Waals surface area contributed by atoms with Crippen LogP contribution < -0.4 is 5.32 Å². The number of rotatable bonds is 4. The van der Waals surface area contributed by atoms with Crippen LogP contribution in [0.5, 0.6) is 0 Å². The molecule has 0 spiro atoms. The van der Waals surface area contributed by atoms with Gasteiger partial charge < -0.3 is 15.0 Å². The van der Waals surface area contributed by atoms with Crippen LogP contribution in [0.1, 0.15) is 24.6 Å². The largest absolute Gasteiger partial charge is 0.385 e. The van der Waals surface area contributed by atoms with Crippen molar-refractivity contribution in [3.05, 3.63) is 24.0 Å². The summed E-state index contributed by atoms with van der Waals surface area (Å²) >= 11 is 0. The quantitative estimate of drug-likeness (QED) is 0.760. The van der Waals surface area contributed by atoms with E-state index in [1.807, 2.05) is 29.9 Å². The highest BCUT2D eigenvalue weighted by Crippen LogP contribution is 2.28. The fourth-order valence-corrected chi connectivity index (χ4v) is 1.61. The van der Waals surface area contributed by atoms with E-state index in [0.29, 0.717) is 6.54 Å². The zero-order valence-corrected chi connectivity index (χ0v) is 8.81. The summed E-state index contributed by atoms with van der Waals surface area (Å²) in [6.07, 6.45) is 3.24. The number of carbonyl (C=O) groups is 1. The fraction of sp³-hybridized carbons (Fsp3) is 0.545. The maximum atomic E-state index is 11.3. The van der Waals surface area contributed by atoms with Crippen LogP contribution in [-0.4, -0.2) is 22.1 Å². The molecule has 1 aromatic heterocycles. The normalized spacial score (nSPS) is 17.5. The summed E-state index contributed by atoms with van der Waals surface area (Å²) in [4.78, 5) is 11.3. The molecule has 0 unspecified atom stereocenters. The maximum Gasteiger partial charge on any atom is 0.223 e. The van der Waals surface area contributed by atoms with Gasteiger partial charge in [0.2, 0.25) is 5.91 Å². The van der Waals surface area contributed by atoms with Crippen molar-refractivity contribution < 1.29 is 9.90 Å². The molecule has 0 aromatic carbocycles. The Labute approximate surface area is 88.9 Å². The van der Waals surface area contributed by atoms with E-state index in [-0.39, 0.29) is 11.8 Å². The van der Waals surface area contributed by atoms with Crippen molar-refractivity contribution in [3.8, 4) is 0 Å². The van der Waals surface area contributed by atoms with Crippen LogP contribution in [0.25, 0.3) is 0 Å². The number of amides is 1. The predicted molar refractivity (Wildman–Crippen MR) is 56.1 cm³/mol. The minimum Gasteiger partial charge on any atom is -0.385 e. The number of nitrogens with one attached hydrogen (secondary N) is 1. The summed E-state index contributed by atoms with van der Waals surface area (Å²) in [5, 5.41) is 12.6. The Morgan fingerprint density at radius 1 is 1.73 bits per heavy atom. The molecule has 1 saturated carbocycles. The molecule has 0 aliphatic heterocycles. The third-order valence-electron chi connectivity index (χ3n) is 2.74. The second kappa shape index (κ2) is 4.06. The number of hydrogen-bond donors (Lipinski definition) is 2. The Bertz CT molecular complexity index is 355. The molecule has 0 radical (unpaired) electrons. The van der Waals surface area contributed by atoms with E-state index >= 15 is 0 Å². The number of aromatic nitrogens is 1. The molecule has 1 heterocycles. The number of aryl methyl sites for hydroxylation is 1. The van der Waals surface area contributed by atoms with E-state index in [1.54, 1.807) is 0 Å². The summed E-state index contributed by atoms with van der Waals surface area (Å²) in [7, 11) is 1.88. The molecule has 4 nitrogen and oxygen atoms in total. The second-order valence-electron chi connectivity index (χ2n) is 4.08. The Morgan fingerprint density at radius 3 is 3.00 bits per heavy atom. The van der Waals surface area contributed by atoms with Crippen molar-refractivity contribution in [1.29, 1.82) is 0 Å². The zero-order valence-electron chi connectivity index (χ0n) is 8.81. The average molecular weight is 208 g/mol. The minimum atomic E-state index is -0.618. The second-order valence-corrected chi connectivity index (χ2v) is 4.08. The first kappa shape index (κ1) is 10.2. The van der Waals surface area contributed by atoms with Gasteiger partial charge in [-0.2, -0.15) is 0 Å². The summed E-state index contributed by atoms with van der Waals surface area (Å²) in [5.74, 6) is 0.272. The van der Waals surface area contributed by atoms with E-state index in [0.717, 1.165) is 18.5 Å². The highest BCUT2D eigenvalue weighted by Gasteiger charge is 2.29. The van der Waals surface area contributed by atoms with Crippen LogP contribution in [0.2, 0.25) is 0 Å². The van der Waals surface area contributed by atoms with Gasteiger partial charge in [0.25, 0.3) is 0 Å². The fourth-order valence-electron chi connectivity index (χ4n) is 1.61. The Morgan fingerprint density at radius 2 is 2.47 bits per heavy atom. The van der Waals surface area contributed by atoms with E-state index in [1.165, 1.54) is 0 Å². The first-order valence-corrected chi connectivity index (χ1v) is 5.25. The van der Waals surface area contributed by atoms with E-state index in [9.17, 15) is 9.90 Å². The Hall–Kier alpha value is -1.29. The SMILES string of the molecule is Cn1cccc1[C@H](O)CNC(=O)C1CC1. The van der Waals surface area contributed by atoms with Gasteiger partial charge in [0.05, 0.1) is 0 Å². The molecule has 1 aliphatic rings. The van der Waals surface area contributed by atoms with E-state index < -0.39 is 6.10 Å². The van der Waals surface area contributed by atoms with Gasteiger partial charge in [-0.3, -0.25) is 4.79 Å². The Balaban J connectivity index is 1.84. The molecule has 1 aromatic rings. The van der Waals surface area contributed by atoms with Gasteiger partial charge >= 0.3 is 0 Å². The number of nitrogens with zero attached hydrogens (tertiary/aromatic N) is 1. The van der Waals surface area contributed by atoms with Crippen molar-refractivity contribution in [2.75, 3.05) is 6.54 Å². The zero-order chi connectivity index (χ0) is 10.8. The standard InChI is InChI=1S/C11H16N2O2/c1-13-6-2-3-9(13)10(14)7-12-11(15)8-4-5-8/h2-3,6,8,10,14H,4-5,7H2,1H3,(H,12,15)/t10-/m1/s1. The van der Waals surface area contributed by atoms with Crippen LogP contribution in [0.15, 0.2) is 18.3 Å². The number of aliphatic hydroxyl groups excluding tert-OH is 1. The smallest absolute Gasteiger partial charge is 0.223 e. The molecule has 1 fully saturated rings. The lowest BCUT2D eigenvalue weighted by Gasteiger charge is -2.12. The first-order chi connectivity index (χ1) is 7.18. The van der Waals surface area contributed by atoms with Crippen LogP contribution in [0.4, 0.5) is 0 Å².